The Hall–Kier alpha value is -2.27. The summed E-state index contributed by atoms with van der Waals surface area (Å²) in [5.74, 6) is -1.16. The van der Waals surface area contributed by atoms with Crippen LogP contribution in [-0.4, -0.2) is 22.6 Å². The molecule has 0 saturated heterocycles. The van der Waals surface area contributed by atoms with E-state index in [1.807, 2.05) is 24.3 Å². The summed E-state index contributed by atoms with van der Waals surface area (Å²) in [6, 6.07) is 9.60. The van der Waals surface area contributed by atoms with Gasteiger partial charge in [0.1, 0.15) is 0 Å². The van der Waals surface area contributed by atoms with Gasteiger partial charge in [-0.05, 0) is 23.6 Å². The van der Waals surface area contributed by atoms with Gasteiger partial charge in [-0.25, -0.2) is 4.98 Å². The molecule has 0 aliphatic carbocycles. The number of nitrogens with one attached hydrogen (secondary N) is 1. The lowest BCUT2D eigenvalue weighted by Crippen LogP contribution is -2.30. The molecule has 0 aliphatic heterocycles. The lowest BCUT2D eigenvalue weighted by atomic mass is 10.0. The molecule has 21 heavy (non-hydrogen) atoms. The van der Waals surface area contributed by atoms with Gasteiger partial charge in [-0.3, -0.25) is 4.79 Å². The number of hydrogen-bond acceptors (Lipinski definition) is 3. The predicted molar refractivity (Wildman–Crippen MR) is 77.3 cm³/mol. The van der Waals surface area contributed by atoms with Crippen molar-refractivity contribution in [1.82, 2.24) is 10.3 Å². The molecular weight excluding hydrogens is 271 g/mol. The molecule has 0 aliphatic rings. The second-order valence-electron chi connectivity index (χ2n) is 4.67. The molecule has 2 N–H and O–H groups in total. The van der Waals surface area contributed by atoms with Crippen molar-refractivity contribution in [2.75, 3.05) is 6.61 Å². The van der Waals surface area contributed by atoms with Gasteiger partial charge in [-0.1, -0.05) is 31.2 Å². The van der Waals surface area contributed by atoms with Gasteiger partial charge in [0.25, 0.3) is 5.91 Å². The largest absolute Gasteiger partial charge is 0.394 e. The highest BCUT2D eigenvalue weighted by molar-refractivity contribution is 5.94. The van der Waals surface area contributed by atoms with E-state index in [2.05, 4.69) is 17.2 Å². The number of nitrogens with zero attached hydrogens (tertiary/aromatic N) is 1. The molecular formula is C16H17FN2O2. The number of hydrogen-bond donors (Lipinski definition) is 2. The summed E-state index contributed by atoms with van der Waals surface area (Å²) in [5, 5.41) is 12.1. The van der Waals surface area contributed by atoms with E-state index in [4.69, 9.17) is 0 Å². The Balaban J connectivity index is 2.12. The van der Waals surface area contributed by atoms with Crippen molar-refractivity contribution >= 4 is 5.91 Å². The molecule has 1 aromatic carbocycles. The number of aryl methyl sites for hydroxylation is 1. The zero-order chi connectivity index (χ0) is 15.2. The molecule has 110 valence electrons. The number of amides is 1. The number of aliphatic hydroxyl groups is 1. The minimum atomic E-state index is -0.713. The van der Waals surface area contributed by atoms with Gasteiger partial charge < -0.3 is 10.4 Å². The van der Waals surface area contributed by atoms with Crippen LogP contribution in [0.5, 0.6) is 0 Å². The van der Waals surface area contributed by atoms with Crippen molar-refractivity contribution in [3.8, 4) is 0 Å². The van der Waals surface area contributed by atoms with Crippen LogP contribution in [0.1, 0.15) is 34.5 Å². The zero-order valence-electron chi connectivity index (χ0n) is 11.7. The molecule has 0 fully saturated rings. The van der Waals surface area contributed by atoms with E-state index < -0.39 is 17.9 Å². The van der Waals surface area contributed by atoms with Crippen molar-refractivity contribution < 1.29 is 14.3 Å². The van der Waals surface area contributed by atoms with Gasteiger partial charge in [0, 0.05) is 17.8 Å². The average Bonchev–Trinajstić information content (AvgIpc) is 2.52. The average molecular weight is 288 g/mol. The van der Waals surface area contributed by atoms with Crippen LogP contribution in [-0.2, 0) is 6.42 Å². The van der Waals surface area contributed by atoms with Crippen LogP contribution in [0.25, 0.3) is 0 Å². The topological polar surface area (TPSA) is 62.2 Å². The summed E-state index contributed by atoms with van der Waals surface area (Å²) in [6.07, 6.45) is 2.15. The van der Waals surface area contributed by atoms with Crippen molar-refractivity contribution in [1.29, 1.82) is 0 Å². The number of aliphatic hydroxyl groups excluding tert-OH is 1. The fourth-order valence-electron chi connectivity index (χ4n) is 2.01. The molecule has 0 spiro atoms. The molecule has 1 heterocycles. The summed E-state index contributed by atoms with van der Waals surface area (Å²) < 4.78 is 13.0. The van der Waals surface area contributed by atoms with Gasteiger partial charge in [0.15, 0.2) is 0 Å². The molecule has 1 amide bonds. The highest BCUT2D eigenvalue weighted by Crippen LogP contribution is 2.15. The summed E-state index contributed by atoms with van der Waals surface area (Å²) in [5.41, 5.74) is 2.15. The van der Waals surface area contributed by atoms with Crippen molar-refractivity contribution in [3.63, 3.8) is 0 Å². The minimum absolute atomic E-state index is 0.172. The van der Waals surface area contributed by atoms with Gasteiger partial charge >= 0.3 is 0 Å². The van der Waals surface area contributed by atoms with Crippen LogP contribution in [0.4, 0.5) is 4.39 Å². The Morgan fingerprint density at radius 1 is 1.33 bits per heavy atom. The monoisotopic (exact) mass is 288 g/mol. The van der Waals surface area contributed by atoms with Gasteiger partial charge in [0.2, 0.25) is 5.95 Å². The number of aromatic nitrogens is 1. The molecule has 2 aromatic rings. The first-order valence-corrected chi connectivity index (χ1v) is 6.76. The quantitative estimate of drug-likeness (QED) is 0.829. The van der Waals surface area contributed by atoms with Crippen LogP contribution >= 0.6 is 0 Å². The molecule has 5 heteroatoms. The molecule has 1 atom stereocenters. The number of halogens is 1. The summed E-state index contributed by atoms with van der Waals surface area (Å²) in [7, 11) is 0. The molecule has 0 bridgehead atoms. The maximum Gasteiger partial charge on any atom is 0.252 e. The van der Waals surface area contributed by atoms with E-state index in [-0.39, 0.29) is 12.2 Å². The van der Waals surface area contributed by atoms with E-state index in [9.17, 15) is 14.3 Å². The third kappa shape index (κ3) is 3.86. The van der Waals surface area contributed by atoms with E-state index in [0.29, 0.717) is 0 Å². The van der Waals surface area contributed by atoms with Gasteiger partial charge in [-0.2, -0.15) is 4.39 Å². The lowest BCUT2D eigenvalue weighted by molar-refractivity contribution is 0.0915. The lowest BCUT2D eigenvalue weighted by Gasteiger charge is -2.17. The Morgan fingerprint density at radius 2 is 2.05 bits per heavy atom. The van der Waals surface area contributed by atoms with Crippen LogP contribution in [0.3, 0.4) is 0 Å². The van der Waals surface area contributed by atoms with Gasteiger partial charge in [0.05, 0.1) is 12.6 Å². The van der Waals surface area contributed by atoms with Crippen molar-refractivity contribution in [2.45, 2.75) is 19.4 Å². The first-order chi connectivity index (χ1) is 10.1. The second kappa shape index (κ2) is 6.95. The third-order valence-electron chi connectivity index (χ3n) is 3.27. The molecule has 4 nitrogen and oxygen atoms in total. The third-order valence-corrected chi connectivity index (χ3v) is 3.27. The summed E-state index contributed by atoms with van der Waals surface area (Å²) in [6.45, 7) is 1.82. The standard InChI is InChI=1S/C16H17FN2O2/c1-2-11-3-5-12(6-4-11)14(10-20)19-16(21)13-7-8-18-15(17)9-13/h3-9,14,20H,2,10H2,1H3,(H,19,21). The van der Waals surface area contributed by atoms with E-state index in [0.717, 1.165) is 18.1 Å². The van der Waals surface area contributed by atoms with E-state index in [1.54, 1.807) is 0 Å². The fourth-order valence-corrected chi connectivity index (χ4v) is 2.01. The van der Waals surface area contributed by atoms with E-state index in [1.165, 1.54) is 17.8 Å². The number of carbonyl (C=O) groups is 1. The normalized spacial score (nSPS) is 12.0. The second-order valence-corrected chi connectivity index (χ2v) is 4.67. The smallest absolute Gasteiger partial charge is 0.252 e. The Bertz CT molecular complexity index is 614. The fraction of sp³-hybridized carbons (Fsp3) is 0.250. The Kier molecular flexibility index (Phi) is 5.00. The Labute approximate surface area is 122 Å². The highest BCUT2D eigenvalue weighted by atomic mass is 19.1. The predicted octanol–water partition coefficient (Wildman–Crippen LogP) is 2.25. The minimum Gasteiger partial charge on any atom is -0.394 e. The molecule has 0 saturated carbocycles. The number of benzene rings is 1. The zero-order valence-corrected chi connectivity index (χ0v) is 11.7. The first-order valence-electron chi connectivity index (χ1n) is 6.76. The molecule has 0 radical (unpaired) electrons. The van der Waals surface area contributed by atoms with Gasteiger partial charge in [-0.15, -0.1) is 0 Å². The van der Waals surface area contributed by atoms with Crippen LogP contribution < -0.4 is 5.32 Å². The summed E-state index contributed by atoms with van der Waals surface area (Å²) in [4.78, 5) is 15.4. The number of pyridine rings is 1. The van der Waals surface area contributed by atoms with Crippen LogP contribution in [0, 0.1) is 5.95 Å². The SMILES string of the molecule is CCc1ccc(C(CO)NC(=O)c2ccnc(F)c2)cc1. The number of rotatable bonds is 5. The molecule has 1 unspecified atom stereocenters. The Morgan fingerprint density at radius 3 is 2.62 bits per heavy atom. The van der Waals surface area contributed by atoms with Crippen molar-refractivity contribution in [3.05, 3.63) is 65.2 Å². The highest BCUT2D eigenvalue weighted by Gasteiger charge is 2.15. The molecule has 1 aromatic heterocycles. The molecule has 2 rings (SSSR count). The summed E-state index contributed by atoms with van der Waals surface area (Å²) >= 11 is 0. The number of carbonyl (C=O) groups excluding carboxylic acids is 1. The van der Waals surface area contributed by atoms with Crippen LogP contribution in [0.2, 0.25) is 0 Å². The van der Waals surface area contributed by atoms with E-state index >= 15 is 0 Å². The maximum absolute atomic E-state index is 13.0. The van der Waals surface area contributed by atoms with Crippen molar-refractivity contribution in [2.24, 2.45) is 0 Å². The van der Waals surface area contributed by atoms with Crippen LogP contribution in [0.15, 0.2) is 42.6 Å². The maximum atomic E-state index is 13.0. The first kappa shape index (κ1) is 15.1.